The van der Waals surface area contributed by atoms with Gasteiger partial charge in [-0.05, 0) is 71.3 Å². The van der Waals surface area contributed by atoms with Crippen LogP contribution in [0.25, 0.3) is 0 Å². The third-order valence-electron chi connectivity index (χ3n) is 7.13. The summed E-state index contributed by atoms with van der Waals surface area (Å²) in [6, 6.07) is 18.3. The quantitative estimate of drug-likeness (QED) is 0.212. The van der Waals surface area contributed by atoms with Gasteiger partial charge in [-0.1, -0.05) is 66.2 Å². The van der Waals surface area contributed by atoms with Crippen molar-refractivity contribution in [3.8, 4) is 0 Å². The molecule has 0 unspecified atom stereocenters. The number of Topliss-reactive ketones (excluding diaryl/α,β-unsaturated/α-hetero) is 1. The van der Waals surface area contributed by atoms with Crippen molar-refractivity contribution in [2.24, 2.45) is 5.73 Å². The molecule has 0 saturated carbocycles. The zero-order valence-electron chi connectivity index (χ0n) is 22.7. The lowest BCUT2D eigenvalue weighted by Gasteiger charge is -2.36. The number of aryl methyl sites for hydroxylation is 1. The van der Waals surface area contributed by atoms with Gasteiger partial charge in [-0.3, -0.25) is 19.2 Å². The van der Waals surface area contributed by atoms with Gasteiger partial charge in [0.2, 0.25) is 17.7 Å². The van der Waals surface area contributed by atoms with E-state index in [1.807, 2.05) is 37.3 Å². The highest BCUT2D eigenvalue weighted by atomic mass is 127. The zero-order valence-corrected chi connectivity index (χ0v) is 25.6. The maximum atomic E-state index is 13.7. The van der Waals surface area contributed by atoms with E-state index in [4.69, 9.17) is 17.3 Å². The maximum absolute atomic E-state index is 13.7. The fraction of sp³-hybridized carbons (Fsp3) is 0.290. The SMILES string of the molecule is Cc1cc(NC(=O)[C@H](CCN)NC(=O)[C@@H]2Cc3ccccc3CN2C(=O)CCC(=O)c2ccccc2)c(I)cc1Cl. The number of carbonyl (C=O) groups is 4. The molecule has 0 spiro atoms. The van der Waals surface area contributed by atoms with Gasteiger partial charge in [0.05, 0.1) is 5.69 Å². The Morgan fingerprint density at radius 2 is 1.71 bits per heavy atom. The molecule has 0 aromatic heterocycles. The lowest BCUT2D eigenvalue weighted by Crippen LogP contribution is -2.56. The van der Waals surface area contributed by atoms with Crippen LogP contribution < -0.4 is 16.4 Å². The highest BCUT2D eigenvalue weighted by Gasteiger charge is 2.36. The number of hydrogen-bond acceptors (Lipinski definition) is 5. The Morgan fingerprint density at radius 3 is 2.41 bits per heavy atom. The number of anilines is 1. The van der Waals surface area contributed by atoms with E-state index in [0.717, 1.165) is 20.3 Å². The molecule has 3 amide bonds. The predicted molar refractivity (Wildman–Crippen MR) is 168 cm³/mol. The van der Waals surface area contributed by atoms with Crippen LogP contribution in [0, 0.1) is 10.5 Å². The average Bonchev–Trinajstić information content (AvgIpc) is 2.97. The molecule has 214 valence electrons. The van der Waals surface area contributed by atoms with Gasteiger partial charge in [-0.2, -0.15) is 0 Å². The van der Waals surface area contributed by atoms with E-state index in [1.54, 1.807) is 36.4 Å². The molecule has 0 fully saturated rings. The van der Waals surface area contributed by atoms with Crippen molar-refractivity contribution in [3.63, 3.8) is 0 Å². The van der Waals surface area contributed by atoms with Crippen molar-refractivity contribution < 1.29 is 19.2 Å². The van der Waals surface area contributed by atoms with E-state index in [2.05, 4.69) is 33.2 Å². The van der Waals surface area contributed by atoms with Gasteiger partial charge in [0, 0.05) is 40.0 Å². The van der Waals surface area contributed by atoms with Crippen molar-refractivity contribution >= 4 is 63.4 Å². The van der Waals surface area contributed by atoms with Crippen molar-refractivity contribution in [3.05, 3.63) is 97.6 Å². The Labute approximate surface area is 258 Å². The number of halogens is 2. The van der Waals surface area contributed by atoms with Crippen LogP contribution >= 0.6 is 34.2 Å². The molecule has 3 aromatic rings. The number of benzene rings is 3. The number of ketones is 1. The number of nitrogens with one attached hydrogen (secondary N) is 2. The third-order valence-corrected chi connectivity index (χ3v) is 8.43. The van der Waals surface area contributed by atoms with Gasteiger partial charge in [0.25, 0.3) is 0 Å². The van der Waals surface area contributed by atoms with E-state index in [9.17, 15) is 19.2 Å². The number of amides is 3. The Balaban J connectivity index is 1.50. The number of nitrogens with two attached hydrogens (primary N) is 1. The molecule has 0 bridgehead atoms. The van der Waals surface area contributed by atoms with E-state index >= 15 is 0 Å². The Morgan fingerprint density at radius 1 is 1.02 bits per heavy atom. The molecule has 1 aliphatic rings. The fourth-order valence-corrected chi connectivity index (χ4v) is 5.78. The average molecular weight is 687 g/mol. The fourth-order valence-electron chi connectivity index (χ4n) is 4.83. The molecule has 0 radical (unpaired) electrons. The standard InChI is InChI=1S/C31H32ClIN4O4/c1-19-15-26(24(33)17-23(19)32)36-30(40)25(13-14-34)35-31(41)27-16-21-9-5-6-10-22(21)18-37(27)29(39)12-11-28(38)20-7-3-2-4-8-20/h2-10,15,17,25,27H,11-14,16,18,34H2,1H3,(H,35,41)(H,36,40)/t25-,27-/m0/s1. The van der Waals surface area contributed by atoms with Gasteiger partial charge >= 0.3 is 0 Å². The molecule has 4 N–H and O–H groups in total. The lowest BCUT2D eigenvalue weighted by molar-refractivity contribution is -0.142. The second kappa shape index (κ2) is 14.1. The van der Waals surface area contributed by atoms with E-state index < -0.39 is 23.9 Å². The monoisotopic (exact) mass is 686 g/mol. The van der Waals surface area contributed by atoms with Crippen molar-refractivity contribution in [2.45, 2.75) is 51.2 Å². The van der Waals surface area contributed by atoms with Gasteiger partial charge in [-0.25, -0.2) is 0 Å². The topological polar surface area (TPSA) is 122 Å². The van der Waals surface area contributed by atoms with Crippen LogP contribution in [0.2, 0.25) is 5.02 Å². The van der Waals surface area contributed by atoms with E-state index in [-0.39, 0.29) is 44.0 Å². The summed E-state index contributed by atoms with van der Waals surface area (Å²) in [5.74, 6) is -1.29. The van der Waals surface area contributed by atoms with E-state index in [0.29, 0.717) is 22.7 Å². The van der Waals surface area contributed by atoms with Crippen LogP contribution in [-0.4, -0.2) is 47.0 Å². The Bertz CT molecular complexity index is 1450. The highest BCUT2D eigenvalue weighted by Crippen LogP contribution is 2.27. The number of rotatable bonds is 10. The van der Waals surface area contributed by atoms with Gasteiger partial charge in [0.1, 0.15) is 12.1 Å². The molecule has 41 heavy (non-hydrogen) atoms. The number of hydrogen-bond donors (Lipinski definition) is 3. The summed E-state index contributed by atoms with van der Waals surface area (Å²) in [6.07, 6.45) is 0.516. The van der Waals surface area contributed by atoms with Crippen molar-refractivity contribution in [1.29, 1.82) is 0 Å². The molecular weight excluding hydrogens is 655 g/mol. The molecule has 10 heteroatoms. The van der Waals surface area contributed by atoms with Gasteiger partial charge in [0.15, 0.2) is 5.78 Å². The minimum atomic E-state index is -0.909. The summed E-state index contributed by atoms with van der Waals surface area (Å²) in [5, 5.41) is 6.31. The van der Waals surface area contributed by atoms with E-state index in [1.165, 1.54) is 4.90 Å². The third kappa shape index (κ3) is 7.72. The largest absolute Gasteiger partial charge is 0.342 e. The highest BCUT2D eigenvalue weighted by molar-refractivity contribution is 14.1. The first-order chi connectivity index (χ1) is 19.7. The minimum absolute atomic E-state index is 0.0270. The number of nitrogens with zero attached hydrogens (tertiary/aromatic N) is 1. The Hall–Kier alpha value is -3.28. The first-order valence-corrected chi connectivity index (χ1v) is 14.8. The summed E-state index contributed by atoms with van der Waals surface area (Å²) in [5.41, 5.74) is 9.64. The smallest absolute Gasteiger partial charge is 0.247 e. The molecule has 1 aliphatic heterocycles. The molecule has 8 nitrogen and oxygen atoms in total. The van der Waals surface area contributed by atoms with Crippen LogP contribution in [-0.2, 0) is 27.3 Å². The predicted octanol–water partition coefficient (Wildman–Crippen LogP) is 4.64. The molecule has 1 heterocycles. The molecule has 4 rings (SSSR count). The van der Waals surface area contributed by atoms with Crippen LogP contribution in [0.3, 0.4) is 0 Å². The second-order valence-corrected chi connectivity index (χ2v) is 11.6. The molecule has 0 aliphatic carbocycles. The number of fused-ring (bicyclic) bond motifs is 1. The molecule has 2 atom stereocenters. The van der Waals surface area contributed by atoms with Gasteiger partial charge < -0.3 is 21.3 Å². The molecule has 3 aromatic carbocycles. The van der Waals surface area contributed by atoms with Crippen LogP contribution in [0.5, 0.6) is 0 Å². The summed E-state index contributed by atoms with van der Waals surface area (Å²) < 4.78 is 0.759. The van der Waals surface area contributed by atoms with Gasteiger partial charge in [-0.15, -0.1) is 0 Å². The molecular formula is C31H32ClIN4O4. The maximum Gasteiger partial charge on any atom is 0.247 e. The summed E-state index contributed by atoms with van der Waals surface area (Å²) >= 11 is 8.28. The second-order valence-electron chi connectivity index (χ2n) is 10.0. The first kappa shape index (κ1) is 30.7. The summed E-state index contributed by atoms with van der Waals surface area (Å²) in [6.45, 7) is 2.25. The minimum Gasteiger partial charge on any atom is -0.342 e. The Kier molecular flexibility index (Phi) is 10.5. The summed E-state index contributed by atoms with van der Waals surface area (Å²) in [4.78, 5) is 54.5. The van der Waals surface area contributed by atoms with Crippen LogP contribution in [0.4, 0.5) is 5.69 Å². The van der Waals surface area contributed by atoms with Crippen molar-refractivity contribution in [2.75, 3.05) is 11.9 Å². The first-order valence-electron chi connectivity index (χ1n) is 13.4. The zero-order chi connectivity index (χ0) is 29.5. The van der Waals surface area contributed by atoms with Crippen LogP contribution in [0.15, 0.2) is 66.7 Å². The van der Waals surface area contributed by atoms with Crippen LogP contribution in [0.1, 0.15) is 46.3 Å². The molecule has 0 saturated heterocycles. The summed E-state index contributed by atoms with van der Waals surface area (Å²) in [7, 11) is 0. The number of carbonyl (C=O) groups excluding carboxylic acids is 4. The normalized spacial score (nSPS) is 15.0. The van der Waals surface area contributed by atoms with Crippen molar-refractivity contribution in [1.82, 2.24) is 10.2 Å². The lowest BCUT2D eigenvalue weighted by atomic mass is 9.92.